The summed E-state index contributed by atoms with van der Waals surface area (Å²) >= 11 is 0. The van der Waals surface area contributed by atoms with Crippen molar-refractivity contribution in [1.82, 2.24) is 15.5 Å². The minimum absolute atomic E-state index is 0.0982. The molecule has 0 spiro atoms. The van der Waals surface area contributed by atoms with Crippen LogP contribution in [0.2, 0.25) is 0 Å². The zero-order valence-corrected chi connectivity index (χ0v) is 11.8. The van der Waals surface area contributed by atoms with Crippen molar-refractivity contribution in [2.24, 2.45) is 5.92 Å². The van der Waals surface area contributed by atoms with Crippen LogP contribution in [0.25, 0.3) is 0 Å². The van der Waals surface area contributed by atoms with Crippen molar-refractivity contribution in [2.75, 3.05) is 31.6 Å². The van der Waals surface area contributed by atoms with Gasteiger partial charge in [-0.3, -0.25) is 0 Å². The minimum Gasteiger partial charge on any atom is -0.406 e. The number of ether oxygens (including phenoxy) is 1. The van der Waals surface area contributed by atoms with E-state index in [9.17, 15) is 0 Å². The van der Waals surface area contributed by atoms with E-state index >= 15 is 0 Å². The van der Waals surface area contributed by atoms with Crippen LogP contribution in [-0.2, 0) is 4.74 Å². The molecular formula is C13H24N4O2. The lowest BCUT2D eigenvalue weighted by Gasteiger charge is -2.21. The lowest BCUT2D eigenvalue weighted by molar-refractivity contribution is 0.0593. The van der Waals surface area contributed by atoms with Gasteiger partial charge in [0.2, 0.25) is 5.89 Å². The molecule has 2 unspecified atom stereocenters. The Morgan fingerprint density at radius 3 is 3.05 bits per heavy atom. The second-order valence-electron chi connectivity index (χ2n) is 5.09. The molecule has 2 heterocycles. The molecule has 0 radical (unpaired) electrons. The number of hydrogen-bond acceptors (Lipinski definition) is 6. The molecule has 0 saturated carbocycles. The van der Waals surface area contributed by atoms with Gasteiger partial charge in [0.15, 0.2) is 0 Å². The summed E-state index contributed by atoms with van der Waals surface area (Å²) in [5.41, 5.74) is 0. The lowest BCUT2D eigenvalue weighted by Crippen LogP contribution is -2.24. The highest BCUT2D eigenvalue weighted by Gasteiger charge is 2.16. The summed E-state index contributed by atoms with van der Waals surface area (Å²) in [5.74, 6) is 1.18. The van der Waals surface area contributed by atoms with Crippen LogP contribution in [0.1, 0.15) is 45.0 Å². The van der Waals surface area contributed by atoms with Crippen LogP contribution in [0, 0.1) is 5.92 Å². The number of nitrogens with zero attached hydrogens (tertiary/aromatic N) is 2. The molecular weight excluding hydrogens is 244 g/mol. The first-order valence-electron chi connectivity index (χ1n) is 7.18. The minimum atomic E-state index is 0.0982. The van der Waals surface area contributed by atoms with E-state index < -0.39 is 0 Å². The quantitative estimate of drug-likeness (QED) is 0.787. The van der Waals surface area contributed by atoms with Crippen LogP contribution in [0.15, 0.2) is 4.42 Å². The van der Waals surface area contributed by atoms with E-state index in [1.54, 1.807) is 0 Å². The molecule has 1 aliphatic heterocycles. The summed E-state index contributed by atoms with van der Waals surface area (Å²) in [4.78, 5) is 0. The molecule has 1 fully saturated rings. The number of nitrogens with one attached hydrogen (secondary N) is 2. The molecule has 6 nitrogen and oxygen atoms in total. The standard InChI is InChI=1S/C13H24N4O2/c1-3-6-14-10(2)12-16-17-13(19-12)15-8-11-5-4-7-18-9-11/h10-11,14H,3-9H2,1-2H3,(H,15,17). The molecule has 2 atom stereocenters. The van der Waals surface area contributed by atoms with Crippen LogP contribution in [0.3, 0.4) is 0 Å². The first kappa shape index (κ1) is 14.3. The maximum Gasteiger partial charge on any atom is 0.315 e. The Kier molecular flexibility index (Phi) is 5.60. The van der Waals surface area contributed by atoms with Gasteiger partial charge in [-0.25, -0.2) is 0 Å². The molecule has 2 N–H and O–H groups in total. The van der Waals surface area contributed by atoms with Gasteiger partial charge in [0.1, 0.15) is 0 Å². The van der Waals surface area contributed by atoms with Gasteiger partial charge < -0.3 is 19.8 Å². The lowest BCUT2D eigenvalue weighted by atomic mass is 10.0. The van der Waals surface area contributed by atoms with E-state index in [1.165, 1.54) is 6.42 Å². The second-order valence-corrected chi connectivity index (χ2v) is 5.09. The highest BCUT2D eigenvalue weighted by molar-refractivity contribution is 5.17. The smallest absolute Gasteiger partial charge is 0.315 e. The number of rotatable bonds is 7. The third kappa shape index (κ3) is 4.47. The number of anilines is 1. The van der Waals surface area contributed by atoms with Gasteiger partial charge in [-0.2, -0.15) is 0 Å². The Balaban J connectivity index is 1.76. The SMILES string of the molecule is CCCNC(C)c1nnc(NCC2CCCOC2)o1. The van der Waals surface area contributed by atoms with Crippen molar-refractivity contribution in [3.8, 4) is 0 Å². The molecule has 108 valence electrons. The first-order chi connectivity index (χ1) is 9.29. The molecule has 0 amide bonds. The molecule has 1 aliphatic rings. The Labute approximate surface area is 114 Å². The summed E-state index contributed by atoms with van der Waals surface area (Å²) in [6.07, 6.45) is 3.42. The van der Waals surface area contributed by atoms with Crippen molar-refractivity contribution in [2.45, 2.75) is 39.2 Å². The first-order valence-corrected chi connectivity index (χ1v) is 7.18. The van der Waals surface area contributed by atoms with Crippen LogP contribution in [0.4, 0.5) is 6.01 Å². The highest BCUT2D eigenvalue weighted by atomic mass is 16.5. The summed E-state index contributed by atoms with van der Waals surface area (Å²) in [7, 11) is 0. The van der Waals surface area contributed by atoms with E-state index in [1.807, 2.05) is 6.92 Å². The average molecular weight is 268 g/mol. The fourth-order valence-corrected chi connectivity index (χ4v) is 2.13. The maximum absolute atomic E-state index is 5.60. The van der Waals surface area contributed by atoms with E-state index in [-0.39, 0.29) is 6.04 Å². The second kappa shape index (κ2) is 7.45. The summed E-state index contributed by atoms with van der Waals surface area (Å²) in [6.45, 7) is 7.66. The monoisotopic (exact) mass is 268 g/mol. The third-order valence-corrected chi connectivity index (χ3v) is 3.31. The van der Waals surface area contributed by atoms with Gasteiger partial charge in [-0.1, -0.05) is 12.0 Å². The van der Waals surface area contributed by atoms with Crippen LogP contribution in [0.5, 0.6) is 0 Å². The van der Waals surface area contributed by atoms with E-state index in [2.05, 4.69) is 27.8 Å². The van der Waals surface area contributed by atoms with Crippen molar-refractivity contribution < 1.29 is 9.15 Å². The average Bonchev–Trinajstić information content (AvgIpc) is 2.92. The summed E-state index contributed by atoms with van der Waals surface area (Å²) < 4.78 is 11.0. The molecule has 1 saturated heterocycles. The van der Waals surface area contributed by atoms with Crippen molar-refractivity contribution in [1.29, 1.82) is 0 Å². The largest absolute Gasteiger partial charge is 0.406 e. The van der Waals surface area contributed by atoms with Gasteiger partial charge in [0.05, 0.1) is 12.6 Å². The van der Waals surface area contributed by atoms with Crippen molar-refractivity contribution in [3.05, 3.63) is 5.89 Å². The predicted octanol–water partition coefficient (Wildman–Crippen LogP) is 1.97. The molecule has 2 rings (SSSR count). The maximum atomic E-state index is 5.60. The summed E-state index contributed by atoms with van der Waals surface area (Å²) in [5, 5.41) is 14.6. The molecule has 1 aromatic heterocycles. The number of aromatic nitrogens is 2. The summed E-state index contributed by atoms with van der Waals surface area (Å²) in [6, 6.07) is 0.603. The van der Waals surface area contributed by atoms with Gasteiger partial charge >= 0.3 is 6.01 Å². The Bertz CT molecular complexity index is 363. The van der Waals surface area contributed by atoms with E-state index in [0.717, 1.165) is 39.1 Å². The van der Waals surface area contributed by atoms with Crippen LogP contribution in [-0.4, -0.2) is 36.5 Å². The fourth-order valence-electron chi connectivity index (χ4n) is 2.13. The molecule has 6 heteroatoms. The zero-order valence-electron chi connectivity index (χ0n) is 11.8. The molecule has 0 bridgehead atoms. The van der Waals surface area contributed by atoms with Gasteiger partial charge in [0, 0.05) is 13.2 Å². The van der Waals surface area contributed by atoms with Crippen molar-refractivity contribution >= 4 is 6.01 Å². The molecule has 0 aromatic carbocycles. The molecule has 1 aromatic rings. The molecule has 0 aliphatic carbocycles. The van der Waals surface area contributed by atoms with Crippen molar-refractivity contribution in [3.63, 3.8) is 0 Å². The fraction of sp³-hybridized carbons (Fsp3) is 0.846. The van der Waals surface area contributed by atoms with Gasteiger partial charge in [0.25, 0.3) is 0 Å². The zero-order chi connectivity index (χ0) is 13.5. The van der Waals surface area contributed by atoms with E-state index in [0.29, 0.717) is 17.8 Å². The van der Waals surface area contributed by atoms with Crippen LogP contribution >= 0.6 is 0 Å². The van der Waals surface area contributed by atoms with Gasteiger partial charge in [-0.15, -0.1) is 5.10 Å². The third-order valence-electron chi connectivity index (χ3n) is 3.31. The Morgan fingerprint density at radius 2 is 2.32 bits per heavy atom. The Hall–Kier alpha value is -1.14. The normalized spacial score (nSPS) is 21.3. The topological polar surface area (TPSA) is 72.2 Å². The van der Waals surface area contributed by atoms with E-state index in [4.69, 9.17) is 9.15 Å². The van der Waals surface area contributed by atoms with Gasteiger partial charge in [-0.05, 0) is 38.6 Å². The number of hydrogen-bond donors (Lipinski definition) is 2. The Morgan fingerprint density at radius 1 is 1.42 bits per heavy atom. The predicted molar refractivity (Wildman–Crippen MR) is 73.0 cm³/mol. The van der Waals surface area contributed by atoms with Crippen LogP contribution < -0.4 is 10.6 Å². The molecule has 19 heavy (non-hydrogen) atoms. The highest BCUT2D eigenvalue weighted by Crippen LogP contribution is 2.16.